The lowest BCUT2D eigenvalue weighted by Gasteiger charge is -2.17. The summed E-state index contributed by atoms with van der Waals surface area (Å²) < 4.78 is 44.3. The van der Waals surface area contributed by atoms with Crippen LogP contribution < -0.4 is 5.32 Å². The summed E-state index contributed by atoms with van der Waals surface area (Å²) in [6.45, 7) is 2.23. The second-order valence-corrected chi connectivity index (χ2v) is 6.49. The number of amides is 1. The van der Waals surface area contributed by atoms with E-state index in [0.717, 1.165) is 11.6 Å². The smallest absolute Gasteiger partial charge is 0.417 e. The fourth-order valence-electron chi connectivity index (χ4n) is 2.82. The third-order valence-corrected chi connectivity index (χ3v) is 4.10. The van der Waals surface area contributed by atoms with Crippen LogP contribution in [0.15, 0.2) is 48.5 Å². The van der Waals surface area contributed by atoms with Crippen LogP contribution in [0.1, 0.15) is 18.1 Å². The highest BCUT2D eigenvalue weighted by Gasteiger charge is 2.33. The van der Waals surface area contributed by atoms with Crippen LogP contribution in [0.2, 0.25) is 0 Å². The molecule has 2 rings (SSSR count). The Labute approximate surface area is 167 Å². The number of carbonyl (C=O) groups excluding carboxylic acids is 2. The molecule has 0 fully saturated rings. The number of likely N-dealkylation sites (N-methyl/N-ethyl adjacent to an activating group) is 1. The van der Waals surface area contributed by atoms with Crippen LogP contribution in [0.25, 0.3) is 11.1 Å². The van der Waals surface area contributed by atoms with E-state index in [4.69, 9.17) is 4.74 Å². The second kappa shape index (κ2) is 10.1. The maximum atomic E-state index is 13.2. The van der Waals surface area contributed by atoms with E-state index in [1.807, 2.05) is 0 Å². The molecule has 0 saturated heterocycles. The van der Waals surface area contributed by atoms with E-state index in [1.165, 1.54) is 12.1 Å². The van der Waals surface area contributed by atoms with E-state index in [1.54, 1.807) is 49.2 Å². The van der Waals surface area contributed by atoms with Crippen molar-refractivity contribution in [2.24, 2.45) is 0 Å². The number of hydrogen-bond acceptors (Lipinski definition) is 4. The third-order valence-electron chi connectivity index (χ3n) is 4.10. The van der Waals surface area contributed by atoms with Crippen LogP contribution >= 0.6 is 0 Å². The van der Waals surface area contributed by atoms with Gasteiger partial charge in [-0.05, 0) is 36.7 Å². The van der Waals surface area contributed by atoms with Gasteiger partial charge in [-0.2, -0.15) is 13.2 Å². The minimum Gasteiger partial charge on any atom is -0.465 e. The number of alkyl halides is 3. The Balaban J connectivity index is 1.96. The van der Waals surface area contributed by atoms with Crippen molar-refractivity contribution in [2.45, 2.75) is 19.6 Å². The topological polar surface area (TPSA) is 58.6 Å². The number of esters is 1. The normalized spacial score (nSPS) is 11.4. The summed E-state index contributed by atoms with van der Waals surface area (Å²) >= 11 is 0. The molecule has 0 saturated carbocycles. The van der Waals surface area contributed by atoms with Gasteiger partial charge < -0.3 is 10.1 Å². The zero-order chi connectivity index (χ0) is 21.4. The van der Waals surface area contributed by atoms with Crippen LogP contribution in [0.4, 0.5) is 13.2 Å². The Bertz CT molecular complexity index is 836. The van der Waals surface area contributed by atoms with Gasteiger partial charge in [0.2, 0.25) is 5.91 Å². The van der Waals surface area contributed by atoms with E-state index in [0.29, 0.717) is 12.1 Å². The summed E-state index contributed by atoms with van der Waals surface area (Å²) in [7, 11) is 1.73. The molecule has 0 bridgehead atoms. The summed E-state index contributed by atoms with van der Waals surface area (Å²) in [5.74, 6) is -0.825. The summed E-state index contributed by atoms with van der Waals surface area (Å²) in [5.41, 5.74) is 0.761. The summed E-state index contributed by atoms with van der Waals surface area (Å²) in [4.78, 5) is 24.8. The lowest BCUT2D eigenvalue weighted by Crippen LogP contribution is -2.38. The molecular weight excluding hydrogens is 385 g/mol. The standard InChI is InChI=1S/C21H23F3N2O3/c1-3-29-20(28)12-25-19(27)14-26(2)13-15-8-10-16(11-9-15)17-6-4-5-7-18(17)21(22,23)24/h4-11H,3,12-14H2,1-2H3,(H,25,27). The zero-order valence-corrected chi connectivity index (χ0v) is 16.3. The Morgan fingerprint density at radius 3 is 2.34 bits per heavy atom. The van der Waals surface area contributed by atoms with E-state index in [9.17, 15) is 22.8 Å². The molecule has 2 aromatic carbocycles. The monoisotopic (exact) mass is 408 g/mol. The molecule has 2 aromatic rings. The van der Waals surface area contributed by atoms with Crippen molar-refractivity contribution >= 4 is 11.9 Å². The number of hydrogen-bond donors (Lipinski definition) is 1. The van der Waals surface area contributed by atoms with Crippen molar-refractivity contribution in [2.75, 3.05) is 26.7 Å². The summed E-state index contributed by atoms with van der Waals surface area (Å²) in [5, 5.41) is 2.47. The Kier molecular flexibility index (Phi) is 7.78. The third kappa shape index (κ3) is 6.90. The number of ether oxygens (including phenoxy) is 1. The van der Waals surface area contributed by atoms with Crippen LogP contribution in [-0.2, 0) is 27.0 Å². The highest BCUT2D eigenvalue weighted by molar-refractivity contribution is 5.83. The molecule has 8 heteroatoms. The van der Waals surface area contributed by atoms with E-state index in [2.05, 4.69) is 5.32 Å². The highest BCUT2D eigenvalue weighted by Crippen LogP contribution is 2.36. The molecular formula is C21H23F3N2O3. The largest absolute Gasteiger partial charge is 0.465 e. The fraction of sp³-hybridized carbons (Fsp3) is 0.333. The lowest BCUT2D eigenvalue weighted by molar-refractivity contribution is -0.143. The molecule has 1 N–H and O–H groups in total. The lowest BCUT2D eigenvalue weighted by atomic mass is 9.98. The number of halogens is 3. The first kappa shape index (κ1) is 22.4. The second-order valence-electron chi connectivity index (χ2n) is 6.49. The number of nitrogens with one attached hydrogen (secondary N) is 1. The Morgan fingerprint density at radius 1 is 1.07 bits per heavy atom. The molecule has 0 aliphatic heterocycles. The average molecular weight is 408 g/mol. The van der Waals surface area contributed by atoms with E-state index < -0.39 is 17.7 Å². The van der Waals surface area contributed by atoms with Crippen LogP contribution in [0.5, 0.6) is 0 Å². The van der Waals surface area contributed by atoms with Crippen molar-refractivity contribution in [1.82, 2.24) is 10.2 Å². The predicted octanol–water partition coefficient (Wildman–Crippen LogP) is 3.48. The van der Waals surface area contributed by atoms with Gasteiger partial charge in [-0.25, -0.2) is 0 Å². The summed E-state index contributed by atoms with van der Waals surface area (Å²) in [6.07, 6.45) is -4.42. The van der Waals surface area contributed by atoms with Gasteiger partial charge in [0.25, 0.3) is 0 Å². The first-order valence-corrected chi connectivity index (χ1v) is 9.07. The van der Waals surface area contributed by atoms with Crippen molar-refractivity contribution in [3.8, 4) is 11.1 Å². The van der Waals surface area contributed by atoms with Crippen molar-refractivity contribution < 1.29 is 27.5 Å². The number of rotatable bonds is 8. The van der Waals surface area contributed by atoms with Crippen LogP contribution in [0.3, 0.4) is 0 Å². The highest BCUT2D eigenvalue weighted by atomic mass is 19.4. The van der Waals surface area contributed by atoms with Crippen LogP contribution in [-0.4, -0.2) is 43.5 Å². The number of nitrogens with zero attached hydrogens (tertiary/aromatic N) is 1. The minimum atomic E-state index is -4.42. The molecule has 0 unspecified atom stereocenters. The molecule has 0 heterocycles. The van der Waals surface area contributed by atoms with E-state index in [-0.39, 0.29) is 31.2 Å². The van der Waals surface area contributed by atoms with Gasteiger partial charge >= 0.3 is 12.1 Å². The Morgan fingerprint density at radius 2 is 1.72 bits per heavy atom. The van der Waals surface area contributed by atoms with Crippen molar-refractivity contribution in [3.05, 3.63) is 59.7 Å². The zero-order valence-electron chi connectivity index (χ0n) is 16.3. The molecule has 1 amide bonds. The van der Waals surface area contributed by atoms with Gasteiger partial charge in [0.15, 0.2) is 0 Å². The maximum absolute atomic E-state index is 13.2. The van der Waals surface area contributed by atoms with Crippen molar-refractivity contribution in [3.63, 3.8) is 0 Å². The fourth-order valence-corrected chi connectivity index (χ4v) is 2.82. The first-order chi connectivity index (χ1) is 13.7. The quantitative estimate of drug-likeness (QED) is 0.680. The molecule has 29 heavy (non-hydrogen) atoms. The van der Waals surface area contributed by atoms with Gasteiger partial charge in [-0.1, -0.05) is 42.5 Å². The molecule has 0 radical (unpaired) electrons. The number of benzene rings is 2. The Hall–Kier alpha value is -2.87. The van der Waals surface area contributed by atoms with Gasteiger partial charge in [0.1, 0.15) is 6.54 Å². The molecule has 0 aliphatic rings. The van der Waals surface area contributed by atoms with Gasteiger partial charge in [-0.15, -0.1) is 0 Å². The van der Waals surface area contributed by atoms with Gasteiger partial charge in [0, 0.05) is 6.54 Å². The van der Waals surface area contributed by atoms with Crippen molar-refractivity contribution in [1.29, 1.82) is 0 Å². The maximum Gasteiger partial charge on any atom is 0.417 e. The SMILES string of the molecule is CCOC(=O)CNC(=O)CN(C)Cc1ccc(-c2ccccc2C(F)(F)F)cc1. The van der Waals surface area contributed by atoms with Gasteiger partial charge in [-0.3, -0.25) is 14.5 Å². The van der Waals surface area contributed by atoms with Gasteiger partial charge in [0.05, 0.1) is 18.7 Å². The molecule has 0 spiro atoms. The number of carbonyl (C=O) groups is 2. The molecule has 0 atom stereocenters. The van der Waals surface area contributed by atoms with Crippen LogP contribution in [0, 0.1) is 0 Å². The molecule has 0 aliphatic carbocycles. The first-order valence-electron chi connectivity index (χ1n) is 9.07. The predicted molar refractivity (Wildman–Crippen MR) is 103 cm³/mol. The average Bonchev–Trinajstić information content (AvgIpc) is 2.66. The summed E-state index contributed by atoms with van der Waals surface area (Å²) in [6, 6.07) is 12.2. The van der Waals surface area contributed by atoms with E-state index >= 15 is 0 Å². The molecule has 0 aromatic heterocycles. The molecule has 156 valence electrons. The minimum absolute atomic E-state index is 0.0675. The molecule has 5 nitrogen and oxygen atoms in total.